The molecule has 7 nitrogen and oxygen atoms in total. The van der Waals surface area contributed by atoms with Gasteiger partial charge in [0, 0.05) is 25.1 Å². The Labute approximate surface area is 161 Å². The predicted octanol–water partition coefficient (Wildman–Crippen LogP) is 2.95. The van der Waals surface area contributed by atoms with Crippen molar-refractivity contribution in [3.8, 4) is 11.5 Å². The first kappa shape index (κ1) is 17.8. The monoisotopic (exact) mass is 377 g/mol. The number of nitrogens with one attached hydrogen (secondary N) is 1. The topological polar surface area (TPSA) is 80.8 Å². The molecule has 0 unspecified atom stereocenters. The van der Waals surface area contributed by atoms with E-state index in [-0.39, 0.29) is 25.2 Å². The van der Waals surface area contributed by atoms with Crippen LogP contribution in [0.5, 0.6) is 11.5 Å². The maximum absolute atomic E-state index is 12.6. The van der Waals surface area contributed by atoms with E-state index in [2.05, 4.69) is 10.3 Å². The molecular weight excluding hydrogens is 358 g/mol. The molecule has 2 heterocycles. The number of rotatable bonds is 5. The highest BCUT2D eigenvalue weighted by Gasteiger charge is 2.18. The molecule has 2 amide bonds. The number of nitrogens with zero attached hydrogens (tertiary/aromatic N) is 2. The van der Waals surface area contributed by atoms with Crippen LogP contribution in [0, 0.1) is 0 Å². The molecule has 4 rings (SSSR count). The smallest absolute Gasteiger partial charge is 0.244 e. The van der Waals surface area contributed by atoms with Gasteiger partial charge in [0.15, 0.2) is 11.5 Å². The number of hydrogen-bond acceptors (Lipinski definition) is 5. The molecule has 0 bridgehead atoms. The maximum Gasteiger partial charge on any atom is 0.244 e. The zero-order chi connectivity index (χ0) is 19.5. The van der Waals surface area contributed by atoms with Crippen molar-refractivity contribution in [2.75, 3.05) is 18.7 Å². The van der Waals surface area contributed by atoms with Crippen LogP contribution in [0.4, 0.5) is 5.69 Å². The van der Waals surface area contributed by atoms with Gasteiger partial charge in [0.2, 0.25) is 18.6 Å². The predicted molar refractivity (Wildman–Crippen MR) is 104 cm³/mol. The second-order valence-electron chi connectivity index (χ2n) is 6.49. The first-order valence-electron chi connectivity index (χ1n) is 8.88. The zero-order valence-corrected chi connectivity index (χ0v) is 15.3. The Kier molecular flexibility index (Phi) is 4.80. The lowest BCUT2D eigenvalue weighted by atomic mass is 10.2. The molecule has 28 heavy (non-hydrogen) atoms. The average molecular weight is 377 g/mol. The van der Waals surface area contributed by atoms with Crippen LogP contribution >= 0.6 is 0 Å². The van der Waals surface area contributed by atoms with E-state index in [1.807, 2.05) is 36.4 Å². The lowest BCUT2D eigenvalue weighted by Gasteiger charge is -2.21. The summed E-state index contributed by atoms with van der Waals surface area (Å²) in [5, 5.41) is 3.79. The number of anilines is 1. The van der Waals surface area contributed by atoms with Gasteiger partial charge < -0.3 is 19.7 Å². The number of hydrogen-bond donors (Lipinski definition) is 1. The van der Waals surface area contributed by atoms with Gasteiger partial charge in [-0.2, -0.15) is 0 Å². The lowest BCUT2D eigenvalue weighted by Crippen LogP contribution is -2.36. The minimum Gasteiger partial charge on any atom is -0.454 e. The summed E-state index contributed by atoms with van der Waals surface area (Å²) in [5.74, 6) is 0.851. The van der Waals surface area contributed by atoms with E-state index in [4.69, 9.17) is 9.47 Å². The summed E-state index contributed by atoms with van der Waals surface area (Å²) >= 11 is 0. The first-order chi connectivity index (χ1) is 13.6. The van der Waals surface area contributed by atoms with Crippen LogP contribution in [-0.4, -0.2) is 35.0 Å². The van der Waals surface area contributed by atoms with Gasteiger partial charge in [-0.25, -0.2) is 0 Å². The molecule has 142 valence electrons. The Hall–Kier alpha value is -3.61. The number of benzene rings is 2. The highest BCUT2D eigenvalue weighted by atomic mass is 16.7. The number of ether oxygens (including phenoxy) is 2. The van der Waals surface area contributed by atoms with Crippen LogP contribution in [0.1, 0.15) is 12.5 Å². The SMILES string of the molecule is CC(=O)N(CC(=O)Nc1cccc2cccnc12)Cc1ccc2c(c1)OCO2. The molecule has 1 aromatic heterocycles. The minimum atomic E-state index is -0.283. The van der Waals surface area contributed by atoms with Crippen LogP contribution in [-0.2, 0) is 16.1 Å². The fraction of sp³-hybridized carbons (Fsp3) is 0.190. The maximum atomic E-state index is 12.6. The van der Waals surface area contributed by atoms with E-state index in [9.17, 15) is 9.59 Å². The van der Waals surface area contributed by atoms with E-state index in [0.29, 0.717) is 29.2 Å². The highest BCUT2D eigenvalue weighted by Crippen LogP contribution is 2.32. The fourth-order valence-electron chi connectivity index (χ4n) is 3.11. The van der Waals surface area contributed by atoms with E-state index >= 15 is 0 Å². The third kappa shape index (κ3) is 3.73. The highest BCUT2D eigenvalue weighted by molar-refractivity contribution is 6.01. The van der Waals surface area contributed by atoms with Crippen LogP contribution in [0.15, 0.2) is 54.7 Å². The normalized spacial score (nSPS) is 12.0. The molecule has 0 saturated heterocycles. The van der Waals surface area contributed by atoms with E-state index in [1.54, 1.807) is 18.3 Å². The number of fused-ring (bicyclic) bond motifs is 2. The molecular formula is C21H19N3O4. The summed E-state index contributed by atoms with van der Waals surface area (Å²) in [6.07, 6.45) is 1.68. The molecule has 1 aliphatic heterocycles. The molecule has 0 fully saturated rings. The minimum absolute atomic E-state index is 0.0625. The molecule has 2 aromatic carbocycles. The number of pyridine rings is 1. The summed E-state index contributed by atoms with van der Waals surface area (Å²) in [7, 11) is 0. The molecule has 0 aliphatic carbocycles. The number of amides is 2. The zero-order valence-electron chi connectivity index (χ0n) is 15.3. The van der Waals surface area contributed by atoms with Crippen molar-refractivity contribution in [1.29, 1.82) is 0 Å². The summed E-state index contributed by atoms with van der Waals surface area (Å²) in [6.45, 7) is 1.87. The van der Waals surface area contributed by atoms with Crippen LogP contribution in [0.2, 0.25) is 0 Å². The van der Waals surface area contributed by atoms with E-state index in [1.165, 1.54) is 11.8 Å². The van der Waals surface area contributed by atoms with E-state index in [0.717, 1.165) is 10.9 Å². The summed E-state index contributed by atoms with van der Waals surface area (Å²) in [5.41, 5.74) is 2.19. The Bertz CT molecular complexity index is 1050. The van der Waals surface area contributed by atoms with Gasteiger partial charge in [-0.1, -0.05) is 24.3 Å². The van der Waals surface area contributed by atoms with Crippen molar-refractivity contribution in [2.45, 2.75) is 13.5 Å². The van der Waals surface area contributed by atoms with Crippen LogP contribution < -0.4 is 14.8 Å². The molecule has 0 spiro atoms. The largest absolute Gasteiger partial charge is 0.454 e. The molecule has 0 atom stereocenters. The van der Waals surface area contributed by atoms with Crippen molar-refractivity contribution in [3.05, 3.63) is 60.3 Å². The quantitative estimate of drug-likeness (QED) is 0.739. The molecule has 3 aromatic rings. The van der Waals surface area contributed by atoms with Crippen molar-refractivity contribution in [1.82, 2.24) is 9.88 Å². The molecule has 7 heteroatoms. The van der Waals surface area contributed by atoms with Gasteiger partial charge in [-0.3, -0.25) is 14.6 Å². The first-order valence-corrected chi connectivity index (χ1v) is 8.88. The number of carbonyl (C=O) groups excluding carboxylic acids is 2. The van der Waals surface area contributed by atoms with Crippen molar-refractivity contribution in [3.63, 3.8) is 0 Å². The van der Waals surface area contributed by atoms with Gasteiger partial charge in [0.05, 0.1) is 11.2 Å². The third-order valence-corrected chi connectivity index (χ3v) is 4.50. The Morgan fingerprint density at radius 2 is 1.93 bits per heavy atom. The van der Waals surface area contributed by atoms with Gasteiger partial charge in [0.25, 0.3) is 0 Å². The Morgan fingerprint density at radius 1 is 1.11 bits per heavy atom. The van der Waals surface area contributed by atoms with Gasteiger partial charge in [-0.05, 0) is 29.8 Å². The standard InChI is InChI=1S/C21H19N3O4/c1-14(25)24(11-15-7-8-18-19(10-15)28-13-27-18)12-20(26)23-17-6-2-4-16-5-3-9-22-21(16)17/h2-10H,11-13H2,1H3,(H,23,26). The molecule has 0 radical (unpaired) electrons. The average Bonchev–Trinajstić information content (AvgIpc) is 3.15. The third-order valence-electron chi connectivity index (χ3n) is 4.50. The van der Waals surface area contributed by atoms with Crippen molar-refractivity contribution in [2.24, 2.45) is 0 Å². The van der Waals surface area contributed by atoms with Crippen LogP contribution in [0.25, 0.3) is 10.9 Å². The Balaban J connectivity index is 1.47. The Morgan fingerprint density at radius 3 is 2.79 bits per heavy atom. The van der Waals surface area contributed by atoms with Crippen molar-refractivity contribution < 1.29 is 19.1 Å². The fourth-order valence-corrected chi connectivity index (χ4v) is 3.11. The summed E-state index contributed by atoms with van der Waals surface area (Å²) in [6, 6.07) is 14.8. The van der Waals surface area contributed by atoms with Gasteiger partial charge >= 0.3 is 0 Å². The molecule has 1 N–H and O–H groups in total. The number of aromatic nitrogens is 1. The number of para-hydroxylation sites is 1. The lowest BCUT2D eigenvalue weighted by molar-refractivity contribution is -0.133. The molecule has 0 saturated carbocycles. The summed E-state index contributed by atoms with van der Waals surface area (Å²) < 4.78 is 10.7. The number of carbonyl (C=O) groups is 2. The van der Waals surface area contributed by atoms with Gasteiger partial charge in [0.1, 0.15) is 6.54 Å². The second-order valence-corrected chi connectivity index (χ2v) is 6.49. The summed E-state index contributed by atoms with van der Waals surface area (Å²) in [4.78, 5) is 30.4. The van der Waals surface area contributed by atoms with Crippen LogP contribution in [0.3, 0.4) is 0 Å². The van der Waals surface area contributed by atoms with E-state index < -0.39 is 0 Å². The molecule has 1 aliphatic rings. The van der Waals surface area contributed by atoms with Crippen molar-refractivity contribution >= 4 is 28.4 Å². The second kappa shape index (κ2) is 7.56. The van der Waals surface area contributed by atoms with Gasteiger partial charge in [-0.15, -0.1) is 0 Å².